The van der Waals surface area contributed by atoms with Crippen molar-refractivity contribution in [3.05, 3.63) is 0 Å². The molecule has 0 aliphatic carbocycles. The van der Waals surface area contributed by atoms with E-state index in [0.717, 1.165) is 0 Å². The number of nitrogens with one attached hydrogen (secondary N) is 1. The minimum absolute atomic E-state index is 0.210. The summed E-state index contributed by atoms with van der Waals surface area (Å²) in [7, 11) is 0. The number of alkyl carbamates (subject to hydrolysis) is 1. The lowest BCUT2D eigenvalue weighted by atomic mass is 10.2. The van der Waals surface area contributed by atoms with Crippen molar-refractivity contribution in [3.8, 4) is 0 Å². The average molecular weight is 275 g/mol. The van der Waals surface area contributed by atoms with Gasteiger partial charge in [-0.3, -0.25) is 0 Å². The van der Waals surface area contributed by atoms with Crippen LogP contribution in [-0.4, -0.2) is 42.0 Å². The highest BCUT2D eigenvalue weighted by molar-refractivity contribution is 5.79. The molecule has 0 aromatic heterocycles. The zero-order valence-corrected chi connectivity index (χ0v) is 12.4. The molecule has 0 saturated carbocycles. The van der Waals surface area contributed by atoms with Gasteiger partial charge in [-0.25, -0.2) is 9.59 Å². The highest BCUT2D eigenvalue weighted by Gasteiger charge is 2.23. The van der Waals surface area contributed by atoms with Crippen LogP contribution in [-0.2, 0) is 14.3 Å². The Morgan fingerprint density at radius 3 is 2.26 bits per heavy atom. The van der Waals surface area contributed by atoms with E-state index >= 15 is 0 Å². The van der Waals surface area contributed by atoms with E-state index in [2.05, 4.69) is 5.32 Å². The minimum atomic E-state index is -1.10. The molecule has 0 aromatic carbocycles. The summed E-state index contributed by atoms with van der Waals surface area (Å²) in [4.78, 5) is 22.5. The van der Waals surface area contributed by atoms with Gasteiger partial charge in [-0.15, -0.1) is 0 Å². The molecule has 0 heterocycles. The van der Waals surface area contributed by atoms with E-state index in [-0.39, 0.29) is 13.0 Å². The normalized spacial score (nSPS) is 13.2. The molecule has 0 aliphatic rings. The molecule has 0 unspecified atom stereocenters. The average Bonchev–Trinajstić information content (AvgIpc) is 2.19. The Bertz CT molecular complexity index is 296. The lowest BCUT2D eigenvalue weighted by Crippen LogP contribution is -2.44. The number of aliphatic carboxylic acids is 1. The van der Waals surface area contributed by atoms with Crippen LogP contribution < -0.4 is 5.32 Å². The second-order valence-corrected chi connectivity index (χ2v) is 5.79. The van der Waals surface area contributed by atoms with E-state index in [4.69, 9.17) is 14.6 Å². The molecule has 112 valence electrons. The van der Waals surface area contributed by atoms with Crippen molar-refractivity contribution in [3.63, 3.8) is 0 Å². The van der Waals surface area contributed by atoms with Crippen molar-refractivity contribution in [1.82, 2.24) is 5.32 Å². The van der Waals surface area contributed by atoms with Crippen molar-refractivity contribution in [1.29, 1.82) is 0 Å². The number of amides is 1. The van der Waals surface area contributed by atoms with Crippen LogP contribution in [0.5, 0.6) is 0 Å². The van der Waals surface area contributed by atoms with E-state index in [9.17, 15) is 9.59 Å². The summed E-state index contributed by atoms with van der Waals surface area (Å²) >= 11 is 0. The van der Waals surface area contributed by atoms with Crippen molar-refractivity contribution >= 4 is 12.1 Å². The number of rotatable bonds is 7. The maximum Gasteiger partial charge on any atom is 0.408 e. The first-order valence-corrected chi connectivity index (χ1v) is 6.42. The van der Waals surface area contributed by atoms with Gasteiger partial charge in [0.1, 0.15) is 11.6 Å². The molecule has 1 amide bonds. The summed E-state index contributed by atoms with van der Waals surface area (Å²) in [5.74, 6) is -0.707. The molecule has 19 heavy (non-hydrogen) atoms. The number of carbonyl (C=O) groups excluding carboxylic acids is 1. The van der Waals surface area contributed by atoms with Gasteiger partial charge < -0.3 is 19.9 Å². The second-order valence-electron chi connectivity index (χ2n) is 5.79. The third-order valence-electron chi connectivity index (χ3n) is 1.99. The van der Waals surface area contributed by atoms with Gasteiger partial charge in [0, 0.05) is 19.6 Å². The maximum atomic E-state index is 11.5. The number of hydrogen-bond donors (Lipinski definition) is 2. The lowest BCUT2D eigenvalue weighted by Gasteiger charge is -2.22. The highest BCUT2D eigenvalue weighted by atomic mass is 16.6. The van der Waals surface area contributed by atoms with E-state index < -0.39 is 23.7 Å². The minimum Gasteiger partial charge on any atom is -0.480 e. The van der Waals surface area contributed by atoms with Crippen LogP contribution >= 0.6 is 0 Å². The van der Waals surface area contributed by atoms with Gasteiger partial charge in [-0.2, -0.15) is 0 Å². The van der Waals surface area contributed by atoms with E-state index in [1.807, 2.05) is 13.8 Å². The molecule has 6 heteroatoms. The molecule has 0 spiro atoms. The number of carboxylic acids is 1. The Labute approximate surface area is 114 Å². The fourth-order valence-electron chi connectivity index (χ4n) is 1.23. The summed E-state index contributed by atoms with van der Waals surface area (Å²) in [6.45, 7) is 10.0. The predicted octanol–water partition coefficient (Wildman–Crippen LogP) is 2.03. The van der Waals surface area contributed by atoms with Crippen LogP contribution in [0.4, 0.5) is 4.79 Å². The molecular weight excluding hydrogens is 250 g/mol. The molecule has 0 rings (SSSR count). The Morgan fingerprint density at radius 1 is 1.26 bits per heavy atom. The van der Waals surface area contributed by atoms with E-state index in [0.29, 0.717) is 12.5 Å². The number of carboxylic acid groups (broad SMARTS) is 1. The topological polar surface area (TPSA) is 84.9 Å². The lowest BCUT2D eigenvalue weighted by molar-refractivity contribution is -0.140. The number of carbonyl (C=O) groups is 2. The first-order valence-electron chi connectivity index (χ1n) is 6.42. The maximum absolute atomic E-state index is 11.5. The Balaban J connectivity index is 4.12. The molecule has 1 atom stereocenters. The molecule has 2 N–H and O–H groups in total. The van der Waals surface area contributed by atoms with E-state index in [1.54, 1.807) is 20.8 Å². The van der Waals surface area contributed by atoms with Gasteiger partial charge >= 0.3 is 12.1 Å². The summed E-state index contributed by atoms with van der Waals surface area (Å²) < 4.78 is 10.3. The van der Waals surface area contributed by atoms with Crippen LogP contribution in [0.15, 0.2) is 0 Å². The van der Waals surface area contributed by atoms with Gasteiger partial charge in [0.25, 0.3) is 0 Å². The van der Waals surface area contributed by atoms with Gasteiger partial charge in [-0.05, 0) is 26.7 Å². The summed E-state index contributed by atoms with van der Waals surface area (Å²) in [6.07, 6.45) is -0.523. The summed E-state index contributed by atoms with van der Waals surface area (Å²) in [5, 5.41) is 11.3. The predicted molar refractivity (Wildman–Crippen MR) is 71.1 cm³/mol. The number of ether oxygens (including phenoxy) is 2. The third-order valence-corrected chi connectivity index (χ3v) is 1.99. The molecule has 0 aromatic rings. The van der Waals surface area contributed by atoms with Crippen LogP contribution in [0, 0.1) is 5.92 Å². The van der Waals surface area contributed by atoms with Crippen LogP contribution in [0.1, 0.15) is 41.0 Å². The van der Waals surface area contributed by atoms with E-state index in [1.165, 1.54) is 0 Å². The van der Waals surface area contributed by atoms with Crippen LogP contribution in [0.2, 0.25) is 0 Å². The highest BCUT2D eigenvalue weighted by Crippen LogP contribution is 2.07. The largest absolute Gasteiger partial charge is 0.480 e. The zero-order valence-electron chi connectivity index (χ0n) is 12.4. The standard InChI is InChI=1S/C13H25NO5/c1-9(2)8-18-7-6-10(11(15)16)14-12(17)19-13(3,4)5/h9-10H,6-8H2,1-5H3,(H,14,17)(H,15,16)/t10-/m0/s1. The SMILES string of the molecule is CC(C)COCC[C@H](NC(=O)OC(C)(C)C)C(=O)O. The van der Waals surface area contributed by atoms with Gasteiger partial charge in [0.15, 0.2) is 0 Å². The Kier molecular flexibility index (Phi) is 7.44. The quantitative estimate of drug-likeness (QED) is 0.694. The molecule has 0 aliphatic heterocycles. The molecule has 0 fully saturated rings. The third kappa shape index (κ3) is 10.3. The van der Waals surface area contributed by atoms with Crippen molar-refractivity contribution < 1.29 is 24.2 Å². The van der Waals surface area contributed by atoms with Crippen molar-refractivity contribution in [2.45, 2.75) is 52.7 Å². The van der Waals surface area contributed by atoms with Crippen molar-refractivity contribution in [2.75, 3.05) is 13.2 Å². The number of hydrogen-bond acceptors (Lipinski definition) is 4. The molecule has 0 saturated heterocycles. The monoisotopic (exact) mass is 275 g/mol. The molecule has 0 radical (unpaired) electrons. The first kappa shape index (κ1) is 17.7. The second kappa shape index (κ2) is 7.99. The Hall–Kier alpha value is -1.30. The summed E-state index contributed by atoms with van der Waals surface area (Å²) in [5.41, 5.74) is -0.652. The van der Waals surface area contributed by atoms with Crippen molar-refractivity contribution in [2.24, 2.45) is 5.92 Å². The van der Waals surface area contributed by atoms with Gasteiger partial charge in [-0.1, -0.05) is 13.8 Å². The Morgan fingerprint density at radius 2 is 1.84 bits per heavy atom. The molecular formula is C13H25NO5. The van der Waals surface area contributed by atoms with Crippen LogP contribution in [0.3, 0.4) is 0 Å². The van der Waals surface area contributed by atoms with Crippen LogP contribution in [0.25, 0.3) is 0 Å². The fourth-order valence-corrected chi connectivity index (χ4v) is 1.23. The zero-order chi connectivity index (χ0) is 15.1. The van der Waals surface area contributed by atoms with Gasteiger partial charge in [0.2, 0.25) is 0 Å². The summed E-state index contributed by atoms with van der Waals surface area (Å²) in [6, 6.07) is -0.998. The smallest absolute Gasteiger partial charge is 0.408 e. The molecule has 0 bridgehead atoms. The molecule has 6 nitrogen and oxygen atoms in total. The first-order chi connectivity index (χ1) is 8.61. The van der Waals surface area contributed by atoms with Gasteiger partial charge in [0.05, 0.1) is 0 Å². The fraction of sp³-hybridized carbons (Fsp3) is 0.846.